The number of hydrogen-bond donors (Lipinski definition) is 0. The van der Waals surface area contributed by atoms with Crippen LogP contribution in [0.3, 0.4) is 0 Å². The number of anilines is 3. The van der Waals surface area contributed by atoms with Crippen LogP contribution in [0.25, 0.3) is 10.4 Å². The van der Waals surface area contributed by atoms with Crippen LogP contribution in [0.15, 0.2) is 91.0 Å². The fourth-order valence-corrected chi connectivity index (χ4v) is 6.14. The average Bonchev–Trinajstić information content (AvgIpc) is 3.39. The molecule has 1 heterocycles. The van der Waals surface area contributed by atoms with Crippen LogP contribution >= 0.6 is 11.3 Å². The van der Waals surface area contributed by atoms with Crippen molar-refractivity contribution in [2.24, 2.45) is 0 Å². The van der Waals surface area contributed by atoms with Gasteiger partial charge < -0.3 is 4.90 Å². The molecular formula is C35H41NOS. The molecule has 0 spiro atoms. The van der Waals surface area contributed by atoms with E-state index in [4.69, 9.17) is 0 Å². The number of nitrogens with zero attached hydrogens (tertiary/aromatic N) is 1. The molecule has 0 aliphatic rings. The molecule has 0 N–H and O–H groups in total. The molecule has 0 unspecified atom stereocenters. The van der Waals surface area contributed by atoms with Gasteiger partial charge in [0.15, 0.2) is 6.29 Å². The molecule has 38 heavy (non-hydrogen) atoms. The maximum absolute atomic E-state index is 11.6. The zero-order valence-electron chi connectivity index (χ0n) is 22.8. The highest BCUT2D eigenvalue weighted by Gasteiger charge is 2.14. The van der Waals surface area contributed by atoms with Crippen molar-refractivity contribution in [3.63, 3.8) is 0 Å². The molecule has 0 atom stereocenters. The Labute approximate surface area is 233 Å². The molecule has 2 nitrogen and oxygen atoms in total. The minimum Gasteiger partial charge on any atom is -0.311 e. The SMILES string of the molecule is CCCCCCCCCCCCc1cc(C=O)sc1-c1ccc(N(c2ccccc2)c2ccccc2)cc1. The number of para-hydroxylation sites is 2. The highest BCUT2D eigenvalue weighted by Crippen LogP contribution is 2.38. The zero-order chi connectivity index (χ0) is 26.4. The molecule has 0 amide bonds. The number of aldehydes is 1. The summed E-state index contributed by atoms with van der Waals surface area (Å²) in [5.74, 6) is 0. The van der Waals surface area contributed by atoms with E-state index in [0.717, 1.165) is 34.6 Å². The van der Waals surface area contributed by atoms with Crippen molar-refractivity contribution in [1.82, 2.24) is 0 Å². The van der Waals surface area contributed by atoms with Gasteiger partial charge in [-0.05, 0) is 66.4 Å². The normalized spacial score (nSPS) is 11.0. The Morgan fingerprint density at radius 3 is 1.66 bits per heavy atom. The van der Waals surface area contributed by atoms with Crippen molar-refractivity contribution >= 4 is 34.7 Å². The summed E-state index contributed by atoms with van der Waals surface area (Å²) in [5.41, 5.74) is 5.89. The van der Waals surface area contributed by atoms with Crippen LogP contribution in [0.4, 0.5) is 17.1 Å². The number of unbranched alkanes of at least 4 members (excludes halogenated alkanes) is 9. The van der Waals surface area contributed by atoms with Crippen LogP contribution in [0.1, 0.15) is 86.4 Å². The Kier molecular flexibility index (Phi) is 11.2. The van der Waals surface area contributed by atoms with Crippen molar-refractivity contribution in [1.29, 1.82) is 0 Å². The zero-order valence-corrected chi connectivity index (χ0v) is 23.6. The fraction of sp³-hybridized carbons (Fsp3) is 0.343. The van der Waals surface area contributed by atoms with Gasteiger partial charge >= 0.3 is 0 Å². The summed E-state index contributed by atoms with van der Waals surface area (Å²) in [6.07, 6.45) is 15.4. The number of aryl methyl sites for hydroxylation is 1. The van der Waals surface area contributed by atoms with E-state index >= 15 is 0 Å². The first-order valence-corrected chi connectivity index (χ1v) is 15.2. The molecule has 1 aromatic heterocycles. The maximum Gasteiger partial charge on any atom is 0.160 e. The molecule has 0 saturated carbocycles. The Bertz CT molecular complexity index is 1170. The first kappa shape index (κ1) is 27.9. The Morgan fingerprint density at radius 2 is 1.13 bits per heavy atom. The predicted octanol–water partition coefficient (Wildman–Crippen LogP) is 11.2. The second kappa shape index (κ2) is 15.3. The van der Waals surface area contributed by atoms with Gasteiger partial charge in [0, 0.05) is 21.9 Å². The number of hydrogen-bond acceptors (Lipinski definition) is 3. The summed E-state index contributed by atoms with van der Waals surface area (Å²) in [7, 11) is 0. The molecule has 0 aliphatic heterocycles. The van der Waals surface area contributed by atoms with Gasteiger partial charge in [-0.1, -0.05) is 113 Å². The Hall–Kier alpha value is -3.17. The molecule has 4 rings (SSSR count). The lowest BCUT2D eigenvalue weighted by Crippen LogP contribution is -2.09. The van der Waals surface area contributed by atoms with E-state index in [9.17, 15) is 4.79 Å². The lowest BCUT2D eigenvalue weighted by atomic mass is 10.0. The molecular weight excluding hydrogens is 482 g/mol. The first-order valence-electron chi connectivity index (χ1n) is 14.4. The van der Waals surface area contributed by atoms with E-state index < -0.39 is 0 Å². The van der Waals surface area contributed by atoms with E-state index in [1.807, 2.05) is 12.1 Å². The monoisotopic (exact) mass is 523 g/mol. The second-order valence-electron chi connectivity index (χ2n) is 10.1. The molecule has 0 bridgehead atoms. The number of carbonyl (C=O) groups is 1. The lowest BCUT2D eigenvalue weighted by Gasteiger charge is -2.25. The quantitative estimate of drug-likeness (QED) is 0.107. The molecule has 0 aliphatic carbocycles. The van der Waals surface area contributed by atoms with Crippen LogP contribution in [-0.2, 0) is 6.42 Å². The summed E-state index contributed by atoms with van der Waals surface area (Å²) < 4.78 is 0. The van der Waals surface area contributed by atoms with Gasteiger partial charge in [0.1, 0.15) is 0 Å². The van der Waals surface area contributed by atoms with E-state index in [-0.39, 0.29) is 0 Å². The molecule has 198 valence electrons. The van der Waals surface area contributed by atoms with Gasteiger partial charge in [0.2, 0.25) is 0 Å². The average molecular weight is 524 g/mol. The lowest BCUT2D eigenvalue weighted by molar-refractivity contribution is 0.112. The minimum atomic E-state index is 0.821. The van der Waals surface area contributed by atoms with Crippen LogP contribution in [0.2, 0.25) is 0 Å². The molecule has 0 radical (unpaired) electrons. The van der Waals surface area contributed by atoms with Crippen molar-refractivity contribution in [2.45, 2.75) is 77.6 Å². The minimum absolute atomic E-state index is 0.821. The number of benzene rings is 3. The van der Waals surface area contributed by atoms with Crippen molar-refractivity contribution in [2.75, 3.05) is 4.90 Å². The molecule has 4 aromatic rings. The Balaban J connectivity index is 1.41. The van der Waals surface area contributed by atoms with E-state index in [2.05, 4.69) is 90.7 Å². The maximum atomic E-state index is 11.6. The summed E-state index contributed by atoms with van der Waals surface area (Å²) >= 11 is 1.62. The molecule has 3 heteroatoms. The van der Waals surface area contributed by atoms with Crippen LogP contribution in [0, 0.1) is 0 Å². The standard InChI is InChI=1S/C35H41NOS/c1-2-3-4-5-6-7-8-9-10-13-18-30-27-34(28-37)38-35(30)29-23-25-33(26-24-29)36(31-19-14-11-15-20-31)32-21-16-12-17-22-32/h11-12,14-17,19-28H,2-10,13,18H2,1H3. The third-order valence-electron chi connectivity index (χ3n) is 7.16. The summed E-state index contributed by atoms with van der Waals surface area (Å²) in [6, 6.07) is 31.9. The molecule has 0 saturated heterocycles. The van der Waals surface area contributed by atoms with E-state index in [1.165, 1.54) is 80.2 Å². The van der Waals surface area contributed by atoms with Gasteiger partial charge in [-0.2, -0.15) is 0 Å². The second-order valence-corrected chi connectivity index (χ2v) is 11.2. The molecule has 0 fully saturated rings. The van der Waals surface area contributed by atoms with Gasteiger partial charge in [-0.25, -0.2) is 0 Å². The first-order chi connectivity index (χ1) is 18.8. The summed E-state index contributed by atoms with van der Waals surface area (Å²) in [4.78, 5) is 15.9. The van der Waals surface area contributed by atoms with E-state index in [1.54, 1.807) is 11.3 Å². The smallest absolute Gasteiger partial charge is 0.160 e. The summed E-state index contributed by atoms with van der Waals surface area (Å²) in [5, 5.41) is 0. The largest absolute Gasteiger partial charge is 0.311 e. The Morgan fingerprint density at radius 1 is 0.632 bits per heavy atom. The van der Waals surface area contributed by atoms with Gasteiger partial charge in [0.05, 0.1) is 4.88 Å². The van der Waals surface area contributed by atoms with Crippen molar-refractivity contribution < 1.29 is 4.79 Å². The predicted molar refractivity (Wildman–Crippen MR) is 165 cm³/mol. The van der Waals surface area contributed by atoms with Crippen LogP contribution < -0.4 is 4.90 Å². The van der Waals surface area contributed by atoms with E-state index in [0.29, 0.717) is 0 Å². The molecule has 3 aromatic carbocycles. The highest BCUT2D eigenvalue weighted by atomic mass is 32.1. The third-order valence-corrected chi connectivity index (χ3v) is 8.31. The highest BCUT2D eigenvalue weighted by molar-refractivity contribution is 7.17. The number of thiophene rings is 1. The fourth-order valence-electron chi connectivity index (χ4n) is 5.10. The van der Waals surface area contributed by atoms with Crippen LogP contribution in [0.5, 0.6) is 0 Å². The topological polar surface area (TPSA) is 20.3 Å². The third kappa shape index (κ3) is 7.91. The van der Waals surface area contributed by atoms with Gasteiger partial charge in [0.25, 0.3) is 0 Å². The van der Waals surface area contributed by atoms with Gasteiger partial charge in [-0.3, -0.25) is 4.79 Å². The summed E-state index contributed by atoms with van der Waals surface area (Å²) in [6.45, 7) is 2.28. The van der Waals surface area contributed by atoms with Crippen molar-refractivity contribution in [3.8, 4) is 10.4 Å². The number of rotatable bonds is 16. The van der Waals surface area contributed by atoms with Crippen LogP contribution in [-0.4, -0.2) is 6.29 Å². The van der Waals surface area contributed by atoms with Crippen molar-refractivity contribution in [3.05, 3.63) is 101 Å². The number of carbonyl (C=O) groups excluding carboxylic acids is 1. The van der Waals surface area contributed by atoms with Gasteiger partial charge in [-0.15, -0.1) is 11.3 Å².